The molecule has 0 spiro atoms. The van der Waals surface area contributed by atoms with E-state index in [1.807, 2.05) is 42.7 Å². The molecule has 0 unspecified atom stereocenters. The highest BCUT2D eigenvalue weighted by molar-refractivity contribution is 5.73. The molecule has 3 aromatic rings. The highest BCUT2D eigenvalue weighted by Crippen LogP contribution is 2.09. The van der Waals surface area contributed by atoms with Gasteiger partial charge in [-0.25, -0.2) is 4.98 Å². The molecular weight excluding hydrogens is 260 g/mol. The average Bonchev–Trinajstić information content (AvgIpc) is 2.54. The first-order valence-corrected chi connectivity index (χ1v) is 7.09. The van der Waals surface area contributed by atoms with E-state index in [0.29, 0.717) is 0 Å². The first-order chi connectivity index (χ1) is 10.3. The molecule has 0 bridgehead atoms. The smallest absolute Gasteiger partial charge is 0.0890 e. The number of para-hydroxylation sites is 2. The van der Waals surface area contributed by atoms with Gasteiger partial charge in [0, 0.05) is 25.5 Å². The van der Waals surface area contributed by atoms with Crippen molar-refractivity contribution in [2.24, 2.45) is 0 Å². The van der Waals surface area contributed by atoms with Crippen molar-refractivity contribution < 1.29 is 0 Å². The van der Waals surface area contributed by atoms with Crippen LogP contribution in [0.2, 0.25) is 0 Å². The Morgan fingerprint density at radius 1 is 1.00 bits per heavy atom. The van der Waals surface area contributed by atoms with Crippen molar-refractivity contribution in [3.63, 3.8) is 0 Å². The second kappa shape index (κ2) is 6.41. The molecule has 3 rings (SSSR count). The molecule has 1 aromatic carbocycles. The van der Waals surface area contributed by atoms with Crippen molar-refractivity contribution in [3.8, 4) is 0 Å². The van der Waals surface area contributed by atoms with Crippen molar-refractivity contribution in [3.05, 3.63) is 66.2 Å². The van der Waals surface area contributed by atoms with Crippen LogP contribution in [-0.4, -0.2) is 33.4 Å². The molecule has 0 aliphatic rings. The van der Waals surface area contributed by atoms with Crippen LogP contribution < -0.4 is 0 Å². The van der Waals surface area contributed by atoms with Gasteiger partial charge in [0.05, 0.1) is 22.9 Å². The summed E-state index contributed by atoms with van der Waals surface area (Å²) >= 11 is 0. The van der Waals surface area contributed by atoms with Crippen LogP contribution >= 0.6 is 0 Å². The lowest BCUT2D eigenvalue weighted by atomic mass is 10.2. The molecule has 0 saturated carbocycles. The molecule has 0 saturated heterocycles. The minimum atomic E-state index is 0.804. The fraction of sp³-hybridized carbons (Fsp3) is 0.235. The summed E-state index contributed by atoms with van der Waals surface area (Å²) in [6, 6.07) is 12.0. The quantitative estimate of drug-likeness (QED) is 0.719. The van der Waals surface area contributed by atoms with Gasteiger partial charge in [0.1, 0.15) is 0 Å². The Kier molecular flexibility index (Phi) is 4.17. The van der Waals surface area contributed by atoms with Gasteiger partial charge in [0.2, 0.25) is 0 Å². The summed E-state index contributed by atoms with van der Waals surface area (Å²) in [5.74, 6) is 0. The van der Waals surface area contributed by atoms with Crippen molar-refractivity contribution in [1.29, 1.82) is 0 Å². The standard InChI is InChI=1S/C17H18N4/c1-21(10-8-14-5-4-9-18-11-14)13-15-12-19-16-6-2-3-7-17(16)20-15/h2-7,9,11-12H,8,10,13H2,1H3. The van der Waals surface area contributed by atoms with Crippen molar-refractivity contribution >= 4 is 11.0 Å². The lowest BCUT2D eigenvalue weighted by molar-refractivity contribution is 0.327. The Morgan fingerprint density at radius 2 is 1.86 bits per heavy atom. The fourth-order valence-corrected chi connectivity index (χ4v) is 2.29. The van der Waals surface area contributed by atoms with Crippen molar-refractivity contribution in [1.82, 2.24) is 19.9 Å². The van der Waals surface area contributed by atoms with Gasteiger partial charge < -0.3 is 4.90 Å². The third-order valence-electron chi connectivity index (χ3n) is 3.44. The Balaban J connectivity index is 1.62. The Bertz CT molecular complexity index is 712. The highest BCUT2D eigenvalue weighted by Gasteiger charge is 2.04. The van der Waals surface area contributed by atoms with Gasteiger partial charge in [-0.05, 0) is 37.2 Å². The van der Waals surface area contributed by atoms with Crippen LogP contribution in [0.4, 0.5) is 0 Å². The normalized spacial score (nSPS) is 11.1. The zero-order chi connectivity index (χ0) is 14.5. The Labute approximate surface area is 124 Å². The van der Waals surface area contributed by atoms with Crippen LogP contribution in [-0.2, 0) is 13.0 Å². The molecule has 2 aromatic heterocycles. The molecular formula is C17H18N4. The lowest BCUT2D eigenvalue weighted by Gasteiger charge is -2.16. The highest BCUT2D eigenvalue weighted by atomic mass is 15.1. The summed E-state index contributed by atoms with van der Waals surface area (Å²) in [5.41, 5.74) is 4.16. The third-order valence-corrected chi connectivity index (χ3v) is 3.44. The van der Waals surface area contributed by atoms with Crippen LogP contribution in [0.25, 0.3) is 11.0 Å². The Hall–Kier alpha value is -2.33. The number of likely N-dealkylation sites (N-methyl/N-ethyl adjacent to an activating group) is 1. The van der Waals surface area contributed by atoms with Crippen LogP contribution in [0, 0.1) is 0 Å². The molecule has 0 atom stereocenters. The van der Waals surface area contributed by atoms with Gasteiger partial charge in [0.15, 0.2) is 0 Å². The van der Waals surface area contributed by atoms with E-state index >= 15 is 0 Å². The molecule has 0 aliphatic carbocycles. The number of hydrogen-bond donors (Lipinski definition) is 0. The summed E-state index contributed by atoms with van der Waals surface area (Å²) in [7, 11) is 2.10. The second-order valence-corrected chi connectivity index (χ2v) is 5.20. The van der Waals surface area contributed by atoms with E-state index in [9.17, 15) is 0 Å². The topological polar surface area (TPSA) is 41.9 Å². The summed E-state index contributed by atoms with van der Waals surface area (Å²) in [6.07, 6.45) is 6.58. The van der Waals surface area contributed by atoms with Gasteiger partial charge in [-0.15, -0.1) is 0 Å². The summed E-state index contributed by atoms with van der Waals surface area (Å²) in [6.45, 7) is 1.78. The number of benzene rings is 1. The number of hydrogen-bond acceptors (Lipinski definition) is 4. The van der Waals surface area contributed by atoms with Crippen molar-refractivity contribution in [2.45, 2.75) is 13.0 Å². The van der Waals surface area contributed by atoms with Gasteiger partial charge in [0.25, 0.3) is 0 Å². The third kappa shape index (κ3) is 3.61. The minimum Gasteiger partial charge on any atom is -0.300 e. The summed E-state index contributed by atoms with van der Waals surface area (Å²) in [4.78, 5) is 15.5. The van der Waals surface area contributed by atoms with E-state index in [4.69, 9.17) is 0 Å². The SMILES string of the molecule is CN(CCc1cccnc1)Cc1cnc2ccccc2n1. The van der Waals surface area contributed by atoms with Crippen LogP contribution in [0.5, 0.6) is 0 Å². The molecule has 21 heavy (non-hydrogen) atoms. The fourth-order valence-electron chi connectivity index (χ4n) is 2.29. The number of rotatable bonds is 5. The largest absolute Gasteiger partial charge is 0.300 e. The first-order valence-electron chi connectivity index (χ1n) is 7.09. The van der Waals surface area contributed by atoms with Crippen LogP contribution in [0.1, 0.15) is 11.3 Å². The second-order valence-electron chi connectivity index (χ2n) is 5.20. The molecule has 106 valence electrons. The monoisotopic (exact) mass is 278 g/mol. The van der Waals surface area contributed by atoms with E-state index in [1.165, 1.54) is 5.56 Å². The predicted molar refractivity (Wildman–Crippen MR) is 83.8 cm³/mol. The molecule has 0 N–H and O–H groups in total. The summed E-state index contributed by atoms with van der Waals surface area (Å²) in [5, 5.41) is 0. The van der Waals surface area contributed by atoms with Crippen LogP contribution in [0.15, 0.2) is 55.0 Å². The lowest BCUT2D eigenvalue weighted by Crippen LogP contribution is -2.21. The molecule has 0 fully saturated rings. The molecule has 4 nitrogen and oxygen atoms in total. The zero-order valence-corrected chi connectivity index (χ0v) is 12.1. The van der Waals surface area contributed by atoms with Crippen LogP contribution in [0.3, 0.4) is 0 Å². The number of aromatic nitrogens is 3. The summed E-state index contributed by atoms with van der Waals surface area (Å²) < 4.78 is 0. The van der Waals surface area contributed by atoms with Crippen molar-refractivity contribution in [2.75, 3.05) is 13.6 Å². The van der Waals surface area contributed by atoms with E-state index < -0.39 is 0 Å². The maximum absolute atomic E-state index is 4.65. The zero-order valence-electron chi connectivity index (χ0n) is 12.1. The maximum atomic E-state index is 4.65. The minimum absolute atomic E-state index is 0.804. The van der Waals surface area contributed by atoms with Gasteiger partial charge in [-0.2, -0.15) is 0 Å². The van der Waals surface area contributed by atoms with Gasteiger partial charge >= 0.3 is 0 Å². The maximum Gasteiger partial charge on any atom is 0.0890 e. The molecule has 0 radical (unpaired) electrons. The molecule has 0 amide bonds. The van der Waals surface area contributed by atoms with Gasteiger partial charge in [-0.3, -0.25) is 9.97 Å². The first kappa shape index (κ1) is 13.6. The average molecular weight is 278 g/mol. The van der Waals surface area contributed by atoms with E-state index in [-0.39, 0.29) is 0 Å². The molecule has 0 aliphatic heterocycles. The Morgan fingerprint density at radius 3 is 2.67 bits per heavy atom. The molecule has 2 heterocycles. The number of pyridine rings is 1. The van der Waals surface area contributed by atoms with E-state index in [1.54, 1.807) is 6.20 Å². The van der Waals surface area contributed by atoms with E-state index in [0.717, 1.165) is 36.2 Å². The molecule has 4 heteroatoms. The number of nitrogens with zero attached hydrogens (tertiary/aromatic N) is 4. The van der Waals surface area contributed by atoms with E-state index in [2.05, 4.69) is 33.0 Å². The number of fused-ring (bicyclic) bond motifs is 1. The van der Waals surface area contributed by atoms with Gasteiger partial charge in [-0.1, -0.05) is 18.2 Å². The predicted octanol–water partition coefficient (Wildman–Crippen LogP) is 2.70.